The highest BCUT2D eigenvalue weighted by Crippen LogP contribution is 2.14. The van der Waals surface area contributed by atoms with Gasteiger partial charge in [0.2, 0.25) is 0 Å². The molecule has 2 aromatic rings. The molecule has 0 aliphatic rings. The fraction of sp³-hybridized carbons (Fsp3) is 0.143. The van der Waals surface area contributed by atoms with E-state index in [1.54, 1.807) is 12.3 Å². The number of hydrogen-bond acceptors (Lipinski definition) is 3. The number of aromatic carboxylic acids is 1. The van der Waals surface area contributed by atoms with Crippen LogP contribution in [0.2, 0.25) is 0 Å². The van der Waals surface area contributed by atoms with E-state index in [-0.39, 0.29) is 12.2 Å². The number of aryl methyl sites for hydroxylation is 1. The molecule has 0 saturated carbocycles. The number of carbonyl (C=O) groups is 1. The molecule has 0 unspecified atom stereocenters. The Labute approximate surface area is 105 Å². The number of hydrogen-bond donors (Lipinski definition) is 1. The van der Waals surface area contributed by atoms with Crippen molar-refractivity contribution in [2.24, 2.45) is 0 Å². The second-order valence-corrected chi connectivity index (χ2v) is 3.90. The number of ether oxygens (including phenoxy) is 1. The SMILES string of the molecule is Cc1ccc(OCc2ncccc2C(=O)O)cc1. The van der Waals surface area contributed by atoms with Crippen molar-refractivity contribution in [1.82, 2.24) is 4.98 Å². The highest BCUT2D eigenvalue weighted by Gasteiger charge is 2.10. The predicted octanol–water partition coefficient (Wildman–Crippen LogP) is 2.67. The number of nitrogens with zero attached hydrogens (tertiary/aromatic N) is 1. The van der Waals surface area contributed by atoms with Crippen molar-refractivity contribution in [3.8, 4) is 5.75 Å². The Bertz CT molecular complexity index is 549. The fourth-order valence-electron chi connectivity index (χ4n) is 1.53. The highest BCUT2D eigenvalue weighted by molar-refractivity contribution is 5.88. The van der Waals surface area contributed by atoms with E-state index in [1.165, 1.54) is 6.07 Å². The Morgan fingerprint density at radius 3 is 2.67 bits per heavy atom. The predicted molar refractivity (Wildman–Crippen MR) is 66.7 cm³/mol. The van der Waals surface area contributed by atoms with Crippen molar-refractivity contribution in [2.45, 2.75) is 13.5 Å². The van der Waals surface area contributed by atoms with Crippen LogP contribution in [0.15, 0.2) is 42.6 Å². The molecule has 2 rings (SSSR count). The van der Waals surface area contributed by atoms with Crippen LogP contribution in [-0.2, 0) is 6.61 Å². The van der Waals surface area contributed by atoms with Gasteiger partial charge in [0.1, 0.15) is 12.4 Å². The molecule has 18 heavy (non-hydrogen) atoms. The number of aromatic nitrogens is 1. The molecule has 0 bridgehead atoms. The van der Waals surface area contributed by atoms with Crippen molar-refractivity contribution in [3.05, 3.63) is 59.4 Å². The molecule has 0 atom stereocenters. The number of carboxylic acids is 1. The summed E-state index contributed by atoms with van der Waals surface area (Å²) in [6, 6.07) is 10.7. The van der Waals surface area contributed by atoms with Crippen molar-refractivity contribution >= 4 is 5.97 Å². The third-order valence-electron chi connectivity index (χ3n) is 2.52. The van der Waals surface area contributed by atoms with Gasteiger partial charge in [0.25, 0.3) is 0 Å². The maximum atomic E-state index is 11.0. The minimum absolute atomic E-state index is 0.144. The van der Waals surface area contributed by atoms with Gasteiger partial charge in [-0.3, -0.25) is 4.98 Å². The second kappa shape index (κ2) is 5.31. The zero-order valence-corrected chi connectivity index (χ0v) is 9.96. The maximum absolute atomic E-state index is 11.0. The van der Waals surface area contributed by atoms with Crippen LogP contribution in [0.4, 0.5) is 0 Å². The fourth-order valence-corrected chi connectivity index (χ4v) is 1.53. The smallest absolute Gasteiger partial charge is 0.337 e. The van der Waals surface area contributed by atoms with Crippen LogP contribution in [0.1, 0.15) is 21.6 Å². The molecule has 1 N–H and O–H groups in total. The number of carboxylic acid groups (broad SMARTS) is 1. The van der Waals surface area contributed by atoms with E-state index in [9.17, 15) is 4.79 Å². The summed E-state index contributed by atoms with van der Waals surface area (Å²) in [6.45, 7) is 2.14. The van der Waals surface area contributed by atoms with Gasteiger partial charge < -0.3 is 9.84 Å². The molecule has 0 aliphatic heterocycles. The summed E-state index contributed by atoms with van der Waals surface area (Å²) in [4.78, 5) is 15.0. The van der Waals surface area contributed by atoms with Crippen molar-refractivity contribution in [2.75, 3.05) is 0 Å². The van der Waals surface area contributed by atoms with E-state index in [0.717, 1.165) is 5.56 Å². The first-order valence-electron chi connectivity index (χ1n) is 5.53. The topological polar surface area (TPSA) is 59.4 Å². The molecule has 1 aromatic carbocycles. The zero-order valence-electron chi connectivity index (χ0n) is 9.96. The lowest BCUT2D eigenvalue weighted by molar-refractivity contribution is 0.0693. The van der Waals surface area contributed by atoms with E-state index >= 15 is 0 Å². The minimum Gasteiger partial charge on any atom is -0.487 e. The van der Waals surface area contributed by atoms with Crippen molar-refractivity contribution in [1.29, 1.82) is 0 Å². The average molecular weight is 243 g/mol. The zero-order chi connectivity index (χ0) is 13.0. The standard InChI is InChI=1S/C14H13NO3/c1-10-4-6-11(7-5-10)18-9-13-12(14(16)17)3-2-8-15-13/h2-8H,9H2,1H3,(H,16,17). The third kappa shape index (κ3) is 2.85. The van der Waals surface area contributed by atoms with Gasteiger partial charge in [0.15, 0.2) is 0 Å². The van der Waals surface area contributed by atoms with Gasteiger partial charge >= 0.3 is 5.97 Å². The summed E-state index contributed by atoms with van der Waals surface area (Å²) in [7, 11) is 0. The van der Waals surface area contributed by atoms with E-state index < -0.39 is 5.97 Å². The van der Waals surface area contributed by atoms with E-state index in [2.05, 4.69) is 4.98 Å². The molecule has 0 radical (unpaired) electrons. The molecule has 0 spiro atoms. The second-order valence-electron chi connectivity index (χ2n) is 3.90. The van der Waals surface area contributed by atoms with Crippen LogP contribution in [0.3, 0.4) is 0 Å². The largest absolute Gasteiger partial charge is 0.487 e. The van der Waals surface area contributed by atoms with Crippen molar-refractivity contribution < 1.29 is 14.6 Å². The highest BCUT2D eigenvalue weighted by atomic mass is 16.5. The monoisotopic (exact) mass is 243 g/mol. The Hall–Kier alpha value is -2.36. The van der Waals surface area contributed by atoms with E-state index in [1.807, 2.05) is 31.2 Å². The molecule has 92 valence electrons. The summed E-state index contributed by atoms with van der Waals surface area (Å²) in [5.74, 6) is -0.298. The molecule has 0 saturated heterocycles. The summed E-state index contributed by atoms with van der Waals surface area (Å²) in [5.41, 5.74) is 1.74. The summed E-state index contributed by atoms with van der Waals surface area (Å²) < 4.78 is 5.51. The van der Waals surface area contributed by atoms with Gasteiger partial charge in [-0.2, -0.15) is 0 Å². The third-order valence-corrected chi connectivity index (χ3v) is 2.52. The molecule has 4 nitrogen and oxygen atoms in total. The maximum Gasteiger partial charge on any atom is 0.337 e. The molecular weight excluding hydrogens is 230 g/mol. The lowest BCUT2D eigenvalue weighted by atomic mass is 10.2. The number of benzene rings is 1. The van der Waals surface area contributed by atoms with Crippen molar-refractivity contribution in [3.63, 3.8) is 0 Å². The Morgan fingerprint density at radius 1 is 1.28 bits per heavy atom. The van der Waals surface area contributed by atoms with Crippen LogP contribution in [0.25, 0.3) is 0 Å². The van der Waals surface area contributed by atoms with Gasteiger partial charge in [-0.15, -0.1) is 0 Å². The van der Waals surface area contributed by atoms with E-state index in [4.69, 9.17) is 9.84 Å². The average Bonchev–Trinajstić information content (AvgIpc) is 2.38. The summed E-state index contributed by atoms with van der Waals surface area (Å²) in [6.07, 6.45) is 1.56. The summed E-state index contributed by atoms with van der Waals surface area (Å²) in [5, 5.41) is 9.00. The molecule has 0 aliphatic carbocycles. The lowest BCUT2D eigenvalue weighted by Gasteiger charge is -2.07. The van der Waals surface area contributed by atoms with Gasteiger partial charge in [-0.1, -0.05) is 17.7 Å². The van der Waals surface area contributed by atoms with Crippen LogP contribution < -0.4 is 4.74 Å². The molecule has 0 fully saturated rings. The van der Waals surface area contributed by atoms with Gasteiger partial charge in [0, 0.05) is 6.20 Å². The Balaban J connectivity index is 2.10. The molecular formula is C14H13NO3. The van der Waals surface area contributed by atoms with Gasteiger partial charge in [-0.05, 0) is 31.2 Å². The van der Waals surface area contributed by atoms with E-state index in [0.29, 0.717) is 11.4 Å². The minimum atomic E-state index is -0.995. The van der Waals surface area contributed by atoms with Crippen LogP contribution in [-0.4, -0.2) is 16.1 Å². The molecule has 1 heterocycles. The molecule has 4 heteroatoms. The Kier molecular flexibility index (Phi) is 3.57. The number of rotatable bonds is 4. The van der Waals surface area contributed by atoms with Crippen LogP contribution in [0.5, 0.6) is 5.75 Å². The molecule has 1 aromatic heterocycles. The Morgan fingerprint density at radius 2 is 2.00 bits per heavy atom. The first kappa shape index (κ1) is 12.1. The lowest BCUT2D eigenvalue weighted by Crippen LogP contribution is -2.07. The quantitative estimate of drug-likeness (QED) is 0.896. The normalized spacial score (nSPS) is 10.1. The number of pyridine rings is 1. The van der Waals surface area contributed by atoms with Crippen LogP contribution >= 0.6 is 0 Å². The summed E-state index contributed by atoms with van der Waals surface area (Å²) >= 11 is 0. The van der Waals surface area contributed by atoms with Gasteiger partial charge in [-0.25, -0.2) is 4.79 Å². The molecule has 0 amide bonds. The van der Waals surface area contributed by atoms with Crippen LogP contribution in [0, 0.1) is 6.92 Å². The first-order chi connectivity index (χ1) is 8.66. The van der Waals surface area contributed by atoms with Gasteiger partial charge in [0.05, 0.1) is 11.3 Å². The first-order valence-corrected chi connectivity index (χ1v) is 5.53.